The largest absolute Gasteiger partial charge is 0.235 e. The van der Waals surface area contributed by atoms with E-state index in [2.05, 4.69) is 6.92 Å². The van der Waals surface area contributed by atoms with E-state index in [4.69, 9.17) is 11.6 Å². The first-order valence-corrected chi connectivity index (χ1v) is 7.18. The van der Waals surface area contributed by atoms with Crippen molar-refractivity contribution >= 4 is 20.8 Å². The Balaban J connectivity index is 4.06. The summed E-state index contributed by atoms with van der Waals surface area (Å²) in [5, 5.41) is -4.22. The highest BCUT2D eigenvalue weighted by atomic mass is 35.5. The number of alkyl halides is 3. The lowest BCUT2D eigenvalue weighted by Crippen LogP contribution is -2.37. The van der Waals surface area contributed by atoms with Crippen LogP contribution < -0.4 is 0 Å². The van der Waals surface area contributed by atoms with Crippen LogP contribution in [0.3, 0.4) is 0 Å². The van der Waals surface area contributed by atoms with Crippen LogP contribution in [0.5, 0.6) is 0 Å². The third-order valence-electron chi connectivity index (χ3n) is 2.85. The fourth-order valence-corrected chi connectivity index (χ4v) is 2.18. The zero-order chi connectivity index (χ0) is 12.7. The highest BCUT2D eigenvalue weighted by Crippen LogP contribution is 2.46. The van der Waals surface area contributed by atoms with Crippen LogP contribution in [0, 0.1) is 0 Å². The molecule has 0 aromatic heterocycles. The Hall–Kier alpha value is 0.580. The van der Waals surface area contributed by atoms with Gasteiger partial charge in [-0.1, -0.05) is 60.4 Å². The molecule has 0 aliphatic carbocycles. The Labute approximate surface area is 106 Å². The van der Waals surface area contributed by atoms with Crippen molar-refractivity contribution < 1.29 is 8.78 Å². The molecule has 0 aliphatic heterocycles. The highest BCUT2D eigenvalue weighted by Gasteiger charge is 2.47. The number of halogens is 3. The first kappa shape index (κ1) is 16.6. The average Bonchev–Trinajstić information content (AvgIpc) is 2.21. The lowest BCUT2D eigenvalue weighted by atomic mass is 10.0. The predicted octanol–water partition coefficient (Wildman–Crippen LogP) is 5.59. The van der Waals surface area contributed by atoms with Gasteiger partial charge in [0.1, 0.15) is 0 Å². The maximum absolute atomic E-state index is 14.1. The second-order valence-corrected chi connectivity index (χ2v) is 6.00. The van der Waals surface area contributed by atoms with Crippen molar-refractivity contribution in [2.45, 2.75) is 75.8 Å². The second-order valence-electron chi connectivity index (χ2n) is 4.48. The summed E-state index contributed by atoms with van der Waals surface area (Å²) < 4.78 is 28.0. The highest BCUT2D eigenvalue weighted by molar-refractivity contribution is 7.19. The van der Waals surface area contributed by atoms with Gasteiger partial charge >= 0.3 is 0 Å². The molecule has 0 aromatic carbocycles. The molecular formula is C12H24ClF2P. The fourth-order valence-electron chi connectivity index (χ4n) is 1.60. The van der Waals surface area contributed by atoms with Crippen LogP contribution in [-0.4, -0.2) is 10.5 Å². The molecule has 0 saturated heterocycles. The van der Waals surface area contributed by atoms with Crippen LogP contribution in [-0.2, 0) is 0 Å². The number of rotatable bonds is 9. The molecule has 0 aliphatic rings. The lowest BCUT2D eigenvalue weighted by molar-refractivity contribution is 0.0776. The third-order valence-corrected chi connectivity index (χ3v) is 4.28. The van der Waals surface area contributed by atoms with Crippen molar-refractivity contribution in [1.29, 1.82) is 0 Å². The molecule has 4 heteroatoms. The zero-order valence-corrected chi connectivity index (χ0v) is 12.3. The van der Waals surface area contributed by atoms with Gasteiger partial charge in [0.05, 0.1) is 0 Å². The van der Waals surface area contributed by atoms with Crippen molar-refractivity contribution in [1.82, 2.24) is 0 Å². The van der Waals surface area contributed by atoms with Gasteiger partial charge in [0.2, 0.25) is 5.13 Å². The summed E-state index contributed by atoms with van der Waals surface area (Å²) in [7, 11) is 1.97. The van der Waals surface area contributed by atoms with E-state index < -0.39 is 10.5 Å². The summed E-state index contributed by atoms with van der Waals surface area (Å²) in [6.45, 7) is 4.03. The third kappa shape index (κ3) is 5.77. The van der Waals surface area contributed by atoms with E-state index in [1.807, 2.05) is 16.2 Å². The molecule has 0 rings (SSSR count). The van der Waals surface area contributed by atoms with Gasteiger partial charge < -0.3 is 0 Å². The molecule has 16 heavy (non-hydrogen) atoms. The summed E-state index contributed by atoms with van der Waals surface area (Å²) in [5.74, 6) is 0. The normalized spacial score (nSPS) is 19.1. The van der Waals surface area contributed by atoms with Gasteiger partial charge in [-0.3, -0.25) is 0 Å². The van der Waals surface area contributed by atoms with Crippen LogP contribution in [0.4, 0.5) is 8.78 Å². The molecule has 0 N–H and O–H groups in total. The number of hydrogen-bond donors (Lipinski definition) is 0. The minimum Gasteiger partial charge on any atom is -0.235 e. The molecule has 0 amide bonds. The molecular weight excluding hydrogens is 249 g/mol. The van der Waals surface area contributed by atoms with E-state index in [0.717, 1.165) is 25.7 Å². The molecule has 3 unspecified atom stereocenters. The average molecular weight is 273 g/mol. The minimum atomic E-state index is -2.24. The Bertz CT molecular complexity index is 184. The monoisotopic (exact) mass is 272 g/mol. The van der Waals surface area contributed by atoms with E-state index in [1.54, 1.807) is 0 Å². The van der Waals surface area contributed by atoms with Gasteiger partial charge in [0, 0.05) is 0 Å². The van der Waals surface area contributed by atoms with Gasteiger partial charge in [-0.15, -0.1) is 0 Å². The lowest BCUT2D eigenvalue weighted by Gasteiger charge is -2.31. The van der Waals surface area contributed by atoms with Crippen LogP contribution >= 0.6 is 20.8 Å². The Morgan fingerprint density at radius 2 is 1.50 bits per heavy atom. The van der Waals surface area contributed by atoms with Crippen LogP contribution in [0.1, 0.15) is 65.2 Å². The summed E-state index contributed by atoms with van der Waals surface area (Å²) in [4.78, 5) is 0. The number of unbranched alkanes of at least 4 members (excludes halogenated alkanes) is 4. The van der Waals surface area contributed by atoms with Gasteiger partial charge in [-0.25, -0.2) is 8.78 Å². The maximum atomic E-state index is 14.1. The fraction of sp³-hybridized carbons (Fsp3) is 1.00. The first-order valence-electron chi connectivity index (χ1n) is 6.23. The van der Waals surface area contributed by atoms with Crippen LogP contribution in [0.2, 0.25) is 0 Å². The molecule has 0 aromatic rings. The molecule has 0 bridgehead atoms. The van der Waals surface area contributed by atoms with E-state index in [0.29, 0.717) is 12.8 Å². The molecule has 0 heterocycles. The molecule has 0 nitrogen and oxygen atoms in total. The summed E-state index contributed by atoms with van der Waals surface area (Å²) in [6, 6.07) is 0. The van der Waals surface area contributed by atoms with Crippen LogP contribution in [0.15, 0.2) is 0 Å². The van der Waals surface area contributed by atoms with E-state index in [1.165, 1.54) is 0 Å². The summed E-state index contributed by atoms with van der Waals surface area (Å²) in [6.07, 6.45) is 5.50. The van der Waals surface area contributed by atoms with Crippen molar-refractivity contribution in [3.05, 3.63) is 0 Å². The summed E-state index contributed by atoms with van der Waals surface area (Å²) in [5.41, 5.74) is 0. The molecule has 0 saturated carbocycles. The van der Waals surface area contributed by atoms with E-state index >= 15 is 0 Å². The smallest absolute Gasteiger partial charge is 0.220 e. The molecule has 98 valence electrons. The minimum absolute atomic E-state index is 0.0822. The first-order chi connectivity index (χ1) is 7.37. The van der Waals surface area contributed by atoms with Crippen molar-refractivity contribution in [3.8, 4) is 0 Å². The predicted molar refractivity (Wildman–Crippen MR) is 71.5 cm³/mol. The standard InChI is InChI=1S/C12H24ClF2P/c1-3-5-7-8-10-12(15,16)11(13,14)9-6-4-2/h3-10,16H2,1-2H3. The van der Waals surface area contributed by atoms with Gasteiger partial charge in [0.15, 0.2) is 5.41 Å². The van der Waals surface area contributed by atoms with Gasteiger partial charge in [-0.05, 0) is 25.7 Å². The van der Waals surface area contributed by atoms with Gasteiger partial charge in [0.25, 0.3) is 0 Å². The molecule has 3 atom stereocenters. The van der Waals surface area contributed by atoms with Crippen molar-refractivity contribution in [2.75, 3.05) is 0 Å². The molecule has 0 fully saturated rings. The van der Waals surface area contributed by atoms with Crippen molar-refractivity contribution in [3.63, 3.8) is 0 Å². The topological polar surface area (TPSA) is 0 Å². The SMILES string of the molecule is CCCCCCC(F)(P)C(F)(Cl)CCCC. The Morgan fingerprint density at radius 1 is 0.938 bits per heavy atom. The van der Waals surface area contributed by atoms with Crippen LogP contribution in [0.25, 0.3) is 0 Å². The maximum Gasteiger partial charge on any atom is 0.220 e. The van der Waals surface area contributed by atoms with Gasteiger partial charge in [-0.2, -0.15) is 0 Å². The molecule has 0 spiro atoms. The Morgan fingerprint density at radius 3 is 2.00 bits per heavy atom. The number of hydrogen-bond acceptors (Lipinski definition) is 0. The second kappa shape index (κ2) is 7.82. The van der Waals surface area contributed by atoms with Crippen molar-refractivity contribution in [2.24, 2.45) is 0 Å². The quantitative estimate of drug-likeness (QED) is 0.291. The summed E-state index contributed by atoms with van der Waals surface area (Å²) >= 11 is 5.66. The van der Waals surface area contributed by atoms with E-state index in [-0.39, 0.29) is 12.8 Å². The van der Waals surface area contributed by atoms with E-state index in [9.17, 15) is 8.78 Å². The Kier molecular flexibility index (Phi) is 8.10. The molecule has 0 radical (unpaired) electrons. The zero-order valence-electron chi connectivity index (χ0n) is 10.4.